The van der Waals surface area contributed by atoms with Crippen LogP contribution in [0.5, 0.6) is 5.75 Å². The van der Waals surface area contributed by atoms with E-state index in [0.717, 1.165) is 47.1 Å². The summed E-state index contributed by atoms with van der Waals surface area (Å²) in [5.74, 6) is 3.46. The minimum Gasteiger partial charge on any atom is -0.496 e. The molecule has 3 N–H and O–H groups in total. The van der Waals surface area contributed by atoms with Crippen LogP contribution in [-0.2, 0) is 0 Å². The zero-order valence-electron chi connectivity index (χ0n) is 12.3. The second kappa shape index (κ2) is 6.27. The number of aromatic nitrogens is 2. The summed E-state index contributed by atoms with van der Waals surface area (Å²) in [5.41, 5.74) is 6.06. The van der Waals surface area contributed by atoms with Gasteiger partial charge in [0.25, 0.3) is 0 Å². The standard InChI is InChI=1S/C14H19N5O2S/c1-21-11-4-2-3-10-12(11)13(17-9-16-10)19-5-7-22(8-6-19)18-14(15)20/h2-4,9,22H,5-8H2,1H3,(H3,15,18,20). The van der Waals surface area contributed by atoms with Gasteiger partial charge in [-0.25, -0.2) is 14.8 Å². The Morgan fingerprint density at radius 3 is 2.82 bits per heavy atom. The summed E-state index contributed by atoms with van der Waals surface area (Å²) in [4.78, 5) is 21.9. The second-order valence-electron chi connectivity index (χ2n) is 5.00. The molecule has 8 heteroatoms. The minimum absolute atomic E-state index is 0.436. The molecule has 0 saturated carbocycles. The quantitative estimate of drug-likeness (QED) is 0.735. The number of nitrogens with one attached hydrogen (secondary N) is 1. The van der Waals surface area contributed by atoms with E-state index in [1.165, 1.54) is 0 Å². The smallest absolute Gasteiger partial charge is 0.320 e. The Hall–Kier alpha value is -2.22. The van der Waals surface area contributed by atoms with Crippen LogP contribution in [0.4, 0.5) is 10.6 Å². The molecule has 0 aliphatic carbocycles. The van der Waals surface area contributed by atoms with E-state index in [9.17, 15) is 4.79 Å². The van der Waals surface area contributed by atoms with Crippen molar-refractivity contribution in [2.75, 3.05) is 36.6 Å². The highest BCUT2D eigenvalue weighted by atomic mass is 32.2. The number of nitrogens with zero attached hydrogens (tertiary/aromatic N) is 3. The maximum absolute atomic E-state index is 11.0. The van der Waals surface area contributed by atoms with Crippen molar-refractivity contribution < 1.29 is 9.53 Å². The zero-order valence-corrected chi connectivity index (χ0v) is 13.2. The van der Waals surface area contributed by atoms with Crippen LogP contribution in [0.1, 0.15) is 0 Å². The van der Waals surface area contributed by atoms with Crippen molar-refractivity contribution in [3.05, 3.63) is 24.5 Å². The van der Waals surface area contributed by atoms with Gasteiger partial charge in [0.15, 0.2) is 0 Å². The van der Waals surface area contributed by atoms with E-state index in [2.05, 4.69) is 19.6 Å². The fraction of sp³-hybridized carbons (Fsp3) is 0.357. The Bertz CT molecular complexity index is 683. The average molecular weight is 321 g/mol. The van der Waals surface area contributed by atoms with Crippen molar-refractivity contribution in [1.82, 2.24) is 14.7 Å². The molecule has 3 rings (SSSR count). The van der Waals surface area contributed by atoms with Crippen molar-refractivity contribution >= 4 is 33.8 Å². The zero-order chi connectivity index (χ0) is 15.5. The number of urea groups is 1. The predicted octanol–water partition coefficient (Wildman–Crippen LogP) is 1.04. The van der Waals surface area contributed by atoms with Crippen molar-refractivity contribution in [3.63, 3.8) is 0 Å². The molecule has 0 unspecified atom stereocenters. The van der Waals surface area contributed by atoms with Gasteiger partial charge >= 0.3 is 6.03 Å². The van der Waals surface area contributed by atoms with Gasteiger partial charge in [0, 0.05) is 24.6 Å². The number of fused-ring (bicyclic) bond motifs is 1. The van der Waals surface area contributed by atoms with Crippen LogP contribution < -0.4 is 20.1 Å². The van der Waals surface area contributed by atoms with E-state index >= 15 is 0 Å². The Morgan fingerprint density at radius 2 is 2.14 bits per heavy atom. The third kappa shape index (κ3) is 2.87. The number of anilines is 1. The summed E-state index contributed by atoms with van der Waals surface area (Å²) < 4.78 is 8.29. The average Bonchev–Trinajstić information content (AvgIpc) is 2.54. The number of ether oxygens (including phenoxy) is 1. The fourth-order valence-electron chi connectivity index (χ4n) is 2.66. The van der Waals surface area contributed by atoms with Crippen LogP contribution in [0.3, 0.4) is 0 Å². The SMILES string of the molecule is COc1cccc2ncnc(N3CC[SH](NC(N)=O)CC3)c12. The maximum atomic E-state index is 11.0. The Labute approximate surface area is 131 Å². The van der Waals surface area contributed by atoms with Gasteiger partial charge in [-0.1, -0.05) is 6.07 Å². The third-order valence-electron chi connectivity index (χ3n) is 3.67. The lowest BCUT2D eigenvalue weighted by Gasteiger charge is -2.35. The molecule has 2 amide bonds. The van der Waals surface area contributed by atoms with E-state index in [4.69, 9.17) is 10.5 Å². The van der Waals surface area contributed by atoms with Gasteiger partial charge in [0.05, 0.1) is 18.0 Å². The molecule has 7 nitrogen and oxygen atoms in total. The molecule has 1 aromatic carbocycles. The Morgan fingerprint density at radius 1 is 1.36 bits per heavy atom. The number of rotatable bonds is 3. The molecule has 1 aliphatic rings. The summed E-state index contributed by atoms with van der Waals surface area (Å²) in [5, 5.41) is 0.932. The summed E-state index contributed by atoms with van der Waals surface area (Å²) in [6.07, 6.45) is 1.58. The highest BCUT2D eigenvalue weighted by molar-refractivity contribution is 8.15. The minimum atomic E-state index is -0.524. The topological polar surface area (TPSA) is 93.4 Å². The molecule has 22 heavy (non-hydrogen) atoms. The molecule has 1 saturated heterocycles. The van der Waals surface area contributed by atoms with Gasteiger partial charge < -0.3 is 20.1 Å². The molecule has 0 radical (unpaired) electrons. The van der Waals surface area contributed by atoms with Crippen LogP contribution in [0.2, 0.25) is 0 Å². The largest absolute Gasteiger partial charge is 0.496 e. The molecule has 1 aliphatic heterocycles. The predicted molar refractivity (Wildman–Crippen MR) is 89.7 cm³/mol. The number of hydrogen-bond donors (Lipinski definition) is 3. The van der Waals surface area contributed by atoms with Crippen LogP contribution in [0, 0.1) is 0 Å². The Kier molecular flexibility index (Phi) is 4.19. The lowest BCUT2D eigenvalue weighted by atomic mass is 10.2. The van der Waals surface area contributed by atoms with Gasteiger partial charge in [0.2, 0.25) is 0 Å². The van der Waals surface area contributed by atoms with Gasteiger partial charge in [-0.05, 0) is 12.1 Å². The first-order chi connectivity index (χ1) is 10.7. The normalized spacial score (nSPS) is 16.6. The highest BCUT2D eigenvalue weighted by Gasteiger charge is 2.21. The number of methoxy groups -OCH3 is 1. The van der Waals surface area contributed by atoms with E-state index in [0.29, 0.717) is 0 Å². The van der Waals surface area contributed by atoms with Gasteiger partial charge in [0.1, 0.15) is 17.9 Å². The Balaban J connectivity index is 1.87. The van der Waals surface area contributed by atoms with Crippen LogP contribution in [0.25, 0.3) is 10.9 Å². The van der Waals surface area contributed by atoms with Gasteiger partial charge in [-0.2, -0.15) is 11.1 Å². The summed E-state index contributed by atoms with van der Waals surface area (Å²) in [6, 6.07) is 5.35. The monoisotopic (exact) mass is 321 g/mol. The number of thiol groups is 1. The first-order valence-corrected chi connectivity index (χ1v) is 8.74. The molecular formula is C14H19N5O2S. The van der Waals surface area contributed by atoms with E-state index < -0.39 is 17.1 Å². The summed E-state index contributed by atoms with van der Waals surface area (Å²) in [6.45, 7) is 1.66. The molecule has 1 aromatic heterocycles. The van der Waals surface area contributed by atoms with Crippen molar-refractivity contribution in [3.8, 4) is 5.75 Å². The fourth-order valence-corrected chi connectivity index (χ4v) is 4.38. The van der Waals surface area contributed by atoms with Crippen molar-refractivity contribution in [2.45, 2.75) is 0 Å². The van der Waals surface area contributed by atoms with Crippen LogP contribution in [0.15, 0.2) is 24.5 Å². The number of amides is 2. The number of nitrogens with two attached hydrogens (primary N) is 1. The molecule has 0 spiro atoms. The number of benzene rings is 1. The number of carbonyl (C=O) groups excluding carboxylic acids is 1. The molecule has 1 fully saturated rings. The summed E-state index contributed by atoms with van der Waals surface area (Å²) >= 11 is -0.524. The lowest BCUT2D eigenvalue weighted by molar-refractivity contribution is 0.254. The molecule has 118 valence electrons. The van der Waals surface area contributed by atoms with Crippen LogP contribution >= 0.6 is 11.1 Å². The van der Waals surface area contributed by atoms with E-state index in [1.807, 2.05) is 18.2 Å². The molecule has 0 bridgehead atoms. The van der Waals surface area contributed by atoms with Crippen molar-refractivity contribution in [1.29, 1.82) is 0 Å². The van der Waals surface area contributed by atoms with E-state index in [-0.39, 0.29) is 0 Å². The molecular weight excluding hydrogens is 302 g/mol. The summed E-state index contributed by atoms with van der Waals surface area (Å²) in [7, 11) is 1.65. The maximum Gasteiger partial charge on any atom is 0.320 e. The lowest BCUT2D eigenvalue weighted by Crippen LogP contribution is -2.40. The molecule has 0 atom stereocenters. The van der Waals surface area contributed by atoms with Gasteiger partial charge in [-0.3, -0.25) is 0 Å². The highest BCUT2D eigenvalue weighted by Crippen LogP contribution is 2.34. The molecule has 2 heterocycles. The number of carbonyl (C=O) groups is 1. The first kappa shape index (κ1) is 14.7. The van der Waals surface area contributed by atoms with Gasteiger partial charge in [-0.15, -0.1) is 0 Å². The second-order valence-corrected chi connectivity index (χ2v) is 7.20. The first-order valence-electron chi connectivity index (χ1n) is 7.02. The number of primary amides is 1. The third-order valence-corrected chi connectivity index (χ3v) is 5.69. The van der Waals surface area contributed by atoms with Crippen molar-refractivity contribution in [2.24, 2.45) is 5.73 Å². The molecule has 2 aromatic rings. The van der Waals surface area contributed by atoms with Crippen LogP contribution in [-0.4, -0.2) is 47.7 Å². The van der Waals surface area contributed by atoms with E-state index in [1.54, 1.807) is 13.4 Å². The number of hydrogen-bond acceptors (Lipinski definition) is 5.